The summed E-state index contributed by atoms with van der Waals surface area (Å²) in [4.78, 5) is 10.6. The number of benzene rings is 1. The first-order valence-electron chi connectivity index (χ1n) is 7.20. The summed E-state index contributed by atoms with van der Waals surface area (Å²) in [6, 6.07) is 4.98. The lowest BCUT2D eigenvalue weighted by atomic mass is 10.0. The Balaban J connectivity index is 1.64. The van der Waals surface area contributed by atoms with E-state index >= 15 is 0 Å². The fourth-order valence-electron chi connectivity index (χ4n) is 3.13. The lowest BCUT2D eigenvalue weighted by Gasteiger charge is -2.38. The van der Waals surface area contributed by atoms with Gasteiger partial charge in [0.1, 0.15) is 23.5 Å². The number of anilines is 1. The number of aromatic nitrogens is 2. The monoisotopic (exact) mass is 289 g/mol. The standard InChI is InChI=1S/C15H16FN3O2/c16-12-3-1-2-11-13(12)17-10-18-14(11)19-6-4-15(5-7-19)20-8-9-21-15/h1-3,10H,4-9H2. The molecule has 2 aliphatic rings. The molecular weight excluding hydrogens is 273 g/mol. The van der Waals surface area contributed by atoms with Gasteiger partial charge in [0.05, 0.1) is 13.2 Å². The highest BCUT2D eigenvalue weighted by Crippen LogP contribution is 2.34. The number of nitrogens with zero attached hydrogens (tertiary/aromatic N) is 3. The van der Waals surface area contributed by atoms with E-state index in [1.165, 1.54) is 12.4 Å². The Labute approximate surface area is 121 Å². The molecule has 1 aromatic heterocycles. The van der Waals surface area contributed by atoms with E-state index in [-0.39, 0.29) is 5.82 Å². The molecule has 0 saturated carbocycles. The molecule has 3 heterocycles. The van der Waals surface area contributed by atoms with E-state index in [2.05, 4.69) is 14.9 Å². The Morgan fingerprint density at radius 1 is 1.10 bits per heavy atom. The second-order valence-electron chi connectivity index (χ2n) is 5.43. The highest BCUT2D eigenvalue weighted by Gasteiger charge is 2.40. The molecule has 2 fully saturated rings. The molecule has 21 heavy (non-hydrogen) atoms. The quantitative estimate of drug-likeness (QED) is 0.804. The summed E-state index contributed by atoms with van der Waals surface area (Å²) in [5, 5.41) is 0.752. The molecule has 0 bridgehead atoms. The molecule has 6 heteroatoms. The van der Waals surface area contributed by atoms with Crippen LogP contribution in [0.5, 0.6) is 0 Å². The smallest absolute Gasteiger partial charge is 0.171 e. The zero-order valence-electron chi connectivity index (χ0n) is 11.6. The van der Waals surface area contributed by atoms with Crippen LogP contribution in [-0.4, -0.2) is 42.1 Å². The van der Waals surface area contributed by atoms with Crippen molar-refractivity contribution < 1.29 is 13.9 Å². The molecule has 0 N–H and O–H groups in total. The molecule has 1 aromatic carbocycles. The van der Waals surface area contributed by atoms with Gasteiger partial charge in [-0.2, -0.15) is 0 Å². The number of fused-ring (bicyclic) bond motifs is 1. The molecule has 2 saturated heterocycles. The summed E-state index contributed by atoms with van der Waals surface area (Å²) in [6.07, 6.45) is 3.02. The summed E-state index contributed by atoms with van der Waals surface area (Å²) < 4.78 is 25.3. The van der Waals surface area contributed by atoms with Crippen LogP contribution in [-0.2, 0) is 9.47 Å². The molecule has 1 spiro atoms. The second-order valence-corrected chi connectivity index (χ2v) is 5.43. The van der Waals surface area contributed by atoms with Crippen LogP contribution in [0.1, 0.15) is 12.8 Å². The number of halogens is 1. The van der Waals surface area contributed by atoms with Crippen LogP contribution in [0.4, 0.5) is 10.2 Å². The minimum absolute atomic E-state index is 0.313. The van der Waals surface area contributed by atoms with Crippen LogP contribution in [0.2, 0.25) is 0 Å². The van der Waals surface area contributed by atoms with E-state index in [0.29, 0.717) is 18.7 Å². The van der Waals surface area contributed by atoms with Crippen molar-refractivity contribution in [3.05, 3.63) is 30.3 Å². The lowest BCUT2D eigenvalue weighted by Crippen LogP contribution is -2.45. The maximum absolute atomic E-state index is 13.8. The Morgan fingerprint density at radius 2 is 1.86 bits per heavy atom. The molecular formula is C15H16FN3O2. The molecule has 2 aliphatic heterocycles. The van der Waals surface area contributed by atoms with Gasteiger partial charge in [-0.05, 0) is 12.1 Å². The van der Waals surface area contributed by atoms with E-state index in [1.807, 2.05) is 6.07 Å². The maximum atomic E-state index is 13.8. The number of hydrogen-bond acceptors (Lipinski definition) is 5. The van der Waals surface area contributed by atoms with Gasteiger partial charge in [-0.3, -0.25) is 0 Å². The van der Waals surface area contributed by atoms with Crippen LogP contribution in [0, 0.1) is 5.82 Å². The van der Waals surface area contributed by atoms with Gasteiger partial charge in [0.25, 0.3) is 0 Å². The van der Waals surface area contributed by atoms with E-state index < -0.39 is 5.79 Å². The number of rotatable bonds is 1. The molecule has 4 rings (SSSR count). The number of ether oxygens (including phenoxy) is 2. The molecule has 2 aromatic rings. The van der Waals surface area contributed by atoms with Crippen LogP contribution in [0.3, 0.4) is 0 Å². The van der Waals surface area contributed by atoms with Crippen molar-refractivity contribution in [2.75, 3.05) is 31.2 Å². The minimum atomic E-state index is -0.412. The summed E-state index contributed by atoms with van der Waals surface area (Å²) >= 11 is 0. The van der Waals surface area contributed by atoms with Crippen LogP contribution < -0.4 is 4.90 Å². The van der Waals surface area contributed by atoms with E-state index in [0.717, 1.165) is 37.1 Å². The van der Waals surface area contributed by atoms with E-state index in [4.69, 9.17) is 9.47 Å². The van der Waals surface area contributed by atoms with Gasteiger partial charge in [-0.1, -0.05) is 6.07 Å². The first kappa shape index (κ1) is 12.9. The van der Waals surface area contributed by atoms with Gasteiger partial charge in [-0.15, -0.1) is 0 Å². The van der Waals surface area contributed by atoms with Gasteiger partial charge in [-0.25, -0.2) is 14.4 Å². The first-order valence-corrected chi connectivity index (χ1v) is 7.20. The third kappa shape index (κ3) is 2.15. The maximum Gasteiger partial charge on any atom is 0.171 e. The average Bonchev–Trinajstić information content (AvgIpc) is 2.97. The van der Waals surface area contributed by atoms with Crippen molar-refractivity contribution in [2.24, 2.45) is 0 Å². The third-order valence-electron chi connectivity index (χ3n) is 4.23. The Bertz CT molecular complexity index is 663. The van der Waals surface area contributed by atoms with Crippen molar-refractivity contribution in [1.29, 1.82) is 0 Å². The molecule has 0 unspecified atom stereocenters. The Morgan fingerprint density at radius 3 is 2.62 bits per heavy atom. The van der Waals surface area contributed by atoms with Crippen molar-refractivity contribution in [3.8, 4) is 0 Å². The normalized spacial score (nSPS) is 21.3. The predicted molar refractivity (Wildman–Crippen MR) is 75.6 cm³/mol. The van der Waals surface area contributed by atoms with Crippen molar-refractivity contribution in [2.45, 2.75) is 18.6 Å². The number of para-hydroxylation sites is 1. The third-order valence-corrected chi connectivity index (χ3v) is 4.23. The zero-order valence-corrected chi connectivity index (χ0v) is 11.6. The summed E-state index contributed by atoms with van der Waals surface area (Å²) in [6.45, 7) is 2.90. The lowest BCUT2D eigenvalue weighted by molar-refractivity contribution is -0.169. The fraction of sp³-hybridized carbons (Fsp3) is 0.467. The van der Waals surface area contributed by atoms with Gasteiger partial charge < -0.3 is 14.4 Å². The molecule has 0 amide bonds. The predicted octanol–water partition coefficient (Wildman–Crippen LogP) is 2.11. The van der Waals surface area contributed by atoms with Crippen LogP contribution in [0.15, 0.2) is 24.5 Å². The second kappa shape index (κ2) is 4.89. The minimum Gasteiger partial charge on any atom is -0.356 e. The molecule has 0 atom stereocenters. The fourth-order valence-corrected chi connectivity index (χ4v) is 3.13. The van der Waals surface area contributed by atoms with Crippen molar-refractivity contribution in [1.82, 2.24) is 9.97 Å². The number of piperidine rings is 1. The van der Waals surface area contributed by atoms with Crippen LogP contribution >= 0.6 is 0 Å². The Kier molecular flexibility index (Phi) is 3.01. The van der Waals surface area contributed by atoms with Gasteiger partial charge in [0, 0.05) is 31.3 Å². The van der Waals surface area contributed by atoms with Crippen molar-refractivity contribution in [3.63, 3.8) is 0 Å². The van der Waals surface area contributed by atoms with E-state index in [9.17, 15) is 4.39 Å². The summed E-state index contributed by atoms with van der Waals surface area (Å²) in [5.41, 5.74) is 0.371. The molecule has 0 aliphatic carbocycles. The first-order chi connectivity index (χ1) is 10.3. The van der Waals surface area contributed by atoms with Crippen molar-refractivity contribution >= 4 is 16.7 Å². The number of hydrogen-bond donors (Lipinski definition) is 0. The SMILES string of the molecule is Fc1cccc2c(N3CCC4(CC3)OCCO4)ncnc12. The van der Waals surface area contributed by atoms with Gasteiger partial charge >= 0.3 is 0 Å². The van der Waals surface area contributed by atoms with Crippen LogP contribution in [0.25, 0.3) is 10.9 Å². The zero-order chi connectivity index (χ0) is 14.3. The molecule has 0 radical (unpaired) electrons. The summed E-state index contributed by atoms with van der Waals surface area (Å²) in [5.74, 6) is 0.0596. The molecule has 5 nitrogen and oxygen atoms in total. The largest absolute Gasteiger partial charge is 0.356 e. The summed E-state index contributed by atoms with van der Waals surface area (Å²) in [7, 11) is 0. The average molecular weight is 289 g/mol. The van der Waals surface area contributed by atoms with Gasteiger partial charge in [0.2, 0.25) is 0 Å². The van der Waals surface area contributed by atoms with E-state index in [1.54, 1.807) is 6.07 Å². The molecule has 110 valence electrons. The highest BCUT2D eigenvalue weighted by molar-refractivity contribution is 5.89. The topological polar surface area (TPSA) is 47.5 Å². The highest BCUT2D eigenvalue weighted by atomic mass is 19.1. The Hall–Kier alpha value is -1.79. The van der Waals surface area contributed by atoms with Gasteiger partial charge in [0.15, 0.2) is 5.79 Å².